The molecule has 0 aliphatic rings. The van der Waals surface area contributed by atoms with Gasteiger partial charge in [0.25, 0.3) is 5.69 Å². The van der Waals surface area contributed by atoms with Crippen molar-refractivity contribution in [1.82, 2.24) is 4.98 Å². The molecular weight excluding hydrogens is 206 g/mol. The van der Waals surface area contributed by atoms with Gasteiger partial charge in [-0.15, -0.1) is 0 Å². The Hall–Kier alpha value is -1.49. The van der Waals surface area contributed by atoms with E-state index in [2.05, 4.69) is 11.9 Å². The van der Waals surface area contributed by atoms with Crippen LogP contribution in [0.2, 0.25) is 0 Å². The van der Waals surface area contributed by atoms with Crippen molar-refractivity contribution in [3.8, 4) is 0 Å². The molecule has 0 bridgehead atoms. The minimum absolute atomic E-state index is 0.0628. The summed E-state index contributed by atoms with van der Waals surface area (Å²) in [5.41, 5.74) is 7.41. The van der Waals surface area contributed by atoms with Gasteiger partial charge in [0.05, 0.1) is 4.92 Å². The van der Waals surface area contributed by atoms with Crippen molar-refractivity contribution < 1.29 is 4.92 Å². The molecule has 0 aliphatic carbocycles. The summed E-state index contributed by atoms with van der Waals surface area (Å²) >= 11 is 0. The number of hydrogen-bond acceptors (Lipinski definition) is 4. The summed E-state index contributed by atoms with van der Waals surface area (Å²) in [6.07, 6.45) is 3.96. The van der Waals surface area contributed by atoms with Crippen molar-refractivity contribution in [1.29, 1.82) is 0 Å². The second-order valence-corrected chi connectivity index (χ2v) is 3.97. The van der Waals surface area contributed by atoms with Crippen molar-refractivity contribution >= 4 is 5.69 Å². The van der Waals surface area contributed by atoms with Crippen LogP contribution in [0.15, 0.2) is 12.3 Å². The van der Waals surface area contributed by atoms with E-state index >= 15 is 0 Å². The number of aromatic nitrogens is 1. The Morgan fingerprint density at radius 2 is 2.31 bits per heavy atom. The van der Waals surface area contributed by atoms with Gasteiger partial charge in [-0.05, 0) is 19.4 Å². The molecule has 1 atom stereocenters. The van der Waals surface area contributed by atoms with Crippen molar-refractivity contribution in [2.45, 2.75) is 39.2 Å². The fourth-order valence-corrected chi connectivity index (χ4v) is 1.65. The highest BCUT2D eigenvalue weighted by Gasteiger charge is 2.12. The summed E-state index contributed by atoms with van der Waals surface area (Å²) < 4.78 is 0. The van der Waals surface area contributed by atoms with Crippen molar-refractivity contribution in [3.63, 3.8) is 0 Å². The third-order valence-corrected chi connectivity index (χ3v) is 2.47. The van der Waals surface area contributed by atoms with Crippen LogP contribution < -0.4 is 5.73 Å². The van der Waals surface area contributed by atoms with E-state index in [-0.39, 0.29) is 11.7 Å². The molecule has 0 spiro atoms. The molecule has 1 aromatic rings. The van der Waals surface area contributed by atoms with Gasteiger partial charge in [-0.2, -0.15) is 0 Å². The van der Waals surface area contributed by atoms with Crippen molar-refractivity contribution in [2.24, 2.45) is 5.73 Å². The first-order valence-corrected chi connectivity index (χ1v) is 5.40. The number of aryl methyl sites for hydroxylation is 1. The summed E-state index contributed by atoms with van der Waals surface area (Å²) in [4.78, 5) is 14.2. The first kappa shape index (κ1) is 12.6. The predicted octanol–water partition coefficient (Wildman–Crippen LogP) is 1.97. The molecule has 1 aromatic heterocycles. The van der Waals surface area contributed by atoms with Crippen LogP contribution in [0.1, 0.15) is 31.0 Å². The fourth-order valence-electron chi connectivity index (χ4n) is 1.65. The van der Waals surface area contributed by atoms with Gasteiger partial charge in [-0.3, -0.25) is 15.1 Å². The van der Waals surface area contributed by atoms with E-state index in [0.29, 0.717) is 12.0 Å². The van der Waals surface area contributed by atoms with E-state index in [4.69, 9.17) is 5.73 Å². The number of nitrogens with zero attached hydrogens (tertiary/aromatic N) is 2. The van der Waals surface area contributed by atoms with Crippen molar-refractivity contribution in [2.75, 3.05) is 0 Å². The van der Waals surface area contributed by atoms with Crippen LogP contribution in [-0.2, 0) is 6.42 Å². The number of nitrogens with two attached hydrogens (primary N) is 1. The molecule has 0 fully saturated rings. The average Bonchev–Trinajstić information content (AvgIpc) is 2.17. The Morgan fingerprint density at radius 1 is 1.62 bits per heavy atom. The smallest absolute Gasteiger partial charge is 0.290 e. The Morgan fingerprint density at radius 3 is 2.81 bits per heavy atom. The van der Waals surface area contributed by atoms with E-state index < -0.39 is 4.92 Å². The highest BCUT2D eigenvalue weighted by molar-refractivity contribution is 5.37. The maximum atomic E-state index is 10.6. The lowest BCUT2D eigenvalue weighted by Crippen LogP contribution is -2.22. The van der Waals surface area contributed by atoms with E-state index in [1.807, 2.05) is 0 Å². The van der Waals surface area contributed by atoms with Crippen LogP contribution in [0.5, 0.6) is 0 Å². The molecule has 0 aromatic carbocycles. The topological polar surface area (TPSA) is 82.0 Å². The molecule has 0 saturated carbocycles. The summed E-state index contributed by atoms with van der Waals surface area (Å²) in [5.74, 6) is 0. The number of hydrogen-bond donors (Lipinski definition) is 1. The Balaban J connectivity index is 2.77. The lowest BCUT2D eigenvalue weighted by Gasteiger charge is -2.09. The molecule has 5 heteroatoms. The minimum atomic E-state index is -0.419. The zero-order valence-corrected chi connectivity index (χ0v) is 9.64. The number of nitro groups is 1. The maximum Gasteiger partial charge on any atom is 0.290 e. The maximum absolute atomic E-state index is 10.6. The lowest BCUT2D eigenvalue weighted by atomic mass is 10.1. The van der Waals surface area contributed by atoms with Gasteiger partial charge in [0.1, 0.15) is 6.20 Å². The third-order valence-electron chi connectivity index (χ3n) is 2.47. The highest BCUT2D eigenvalue weighted by Crippen LogP contribution is 2.17. The van der Waals surface area contributed by atoms with Crippen molar-refractivity contribution in [3.05, 3.63) is 33.6 Å². The summed E-state index contributed by atoms with van der Waals surface area (Å²) in [6.45, 7) is 3.79. The monoisotopic (exact) mass is 223 g/mol. The minimum Gasteiger partial charge on any atom is -0.327 e. The zero-order valence-electron chi connectivity index (χ0n) is 9.64. The van der Waals surface area contributed by atoms with Crippen LogP contribution in [-0.4, -0.2) is 15.9 Å². The number of rotatable bonds is 5. The third kappa shape index (κ3) is 3.27. The molecule has 0 aliphatic heterocycles. The van der Waals surface area contributed by atoms with Crippen LogP contribution in [0.3, 0.4) is 0 Å². The fraction of sp³-hybridized carbons (Fsp3) is 0.545. The van der Waals surface area contributed by atoms with E-state index in [1.165, 1.54) is 6.20 Å². The quantitative estimate of drug-likeness (QED) is 0.611. The van der Waals surface area contributed by atoms with Gasteiger partial charge in [0.2, 0.25) is 0 Å². The van der Waals surface area contributed by atoms with Gasteiger partial charge in [-0.25, -0.2) is 0 Å². The van der Waals surface area contributed by atoms with Gasteiger partial charge < -0.3 is 5.73 Å². The lowest BCUT2D eigenvalue weighted by molar-refractivity contribution is -0.385. The molecule has 1 rings (SSSR count). The molecule has 2 N–H and O–H groups in total. The molecule has 88 valence electrons. The zero-order chi connectivity index (χ0) is 12.1. The van der Waals surface area contributed by atoms with E-state index in [9.17, 15) is 10.1 Å². The summed E-state index contributed by atoms with van der Waals surface area (Å²) in [5, 5.41) is 10.6. The largest absolute Gasteiger partial charge is 0.327 e. The molecule has 16 heavy (non-hydrogen) atoms. The molecule has 0 saturated heterocycles. The summed E-state index contributed by atoms with van der Waals surface area (Å²) in [7, 11) is 0. The van der Waals surface area contributed by atoms with Gasteiger partial charge in [-0.1, -0.05) is 13.3 Å². The average molecular weight is 223 g/mol. The van der Waals surface area contributed by atoms with Crippen LogP contribution >= 0.6 is 0 Å². The normalized spacial score (nSPS) is 12.4. The number of pyridine rings is 1. The molecular formula is C11H17N3O2. The Bertz CT molecular complexity index is 379. The second-order valence-electron chi connectivity index (χ2n) is 3.97. The van der Waals surface area contributed by atoms with E-state index in [0.717, 1.165) is 18.5 Å². The predicted molar refractivity (Wildman–Crippen MR) is 62.2 cm³/mol. The van der Waals surface area contributed by atoms with Gasteiger partial charge >= 0.3 is 0 Å². The van der Waals surface area contributed by atoms with Crippen LogP contribution in [0, 0.1) is 17.0 Å². The second kappa shape index (κ2) is 5.55. The van der Waals surface area contributed by atoms with E-state index in [1.54, 1.807) is 13.0 Å². The van der Waals surface area contributed by atoms with Crippen LogP contribution in [0.25, 0.3) is 0 Å². The first-order valence-electron chi connectivity index (χ1n) is 5.40. The van der Waals surface area contributed by atoms with Gasteiger partial charge in [0.15, 0.2) is 0 Å². The molecule has 0 amide bonds. The molecule has 1 heterocycles. The molecule has 5 nitrogen and oxygen atoms in total. The highest BCUT2D eigenvalue weighted by atomic mass is 16.6. The SMILES string of the molecule is CCCC(N)Cc1cc(C)c([N+](=O)[O-])cn1. The molecule has 0 radical (unpaired) electrons. The molecule has 1 unspecified atom stereocenters. The Labute approximate surface area is 94.8 Å². The summed E-state index contributed by atoms with van der Waals surface area (Å²) in [6, 6.07) is 1.83. The van der Waals surface area contributed by atoms with Gasteiger partial charge in [0, 0.05) is 23.7 Å². The van der Waals surface area contributed by atoms with Crippen LogP contribution in [0.4, 0.5) is 5.69 Å². The standard InChI is InChI=1S/C11H17N3O2/c1-3-4-9(12)6-10-5-8(2)11(7-13-10)14(15)16/h5,7,9H,3-4,6,12H2,1-2H3. The first-order chi connectivity index (χ1) is 7.54. The Kier molecular flexibility index (Phi) is 4.37.